The molecule has 17 heavy (non-hydrogen) atoms. The predicted molar refractivity (Wildman–Crippen MR) is 65.2 cm³/mol. The minimum atomic E-state index is -0.471. The van der Waals surface area contributed by atoms with E-state index in [1.54, 1.807) is 21.3 Å². The third-order valence-corrected chi connectivity index (χ3v) is 2.66. The Morgan fingerprint density at radius 3 is 2.47 bits per heavy atom. The summed E-state index contributed by atoms with van der Waals surface area (Å²) < 4.78 is 21.0. The first kappa shape index (κ1) is 14.0. The van der Waals surface area contributed by atoms with Crippen LogP contribution in [0.5, 0.6) is 5.75 Å². The van der Waals surface area contributed by atoms with Crippen LogP contribution in [-0.4, -0.2) is 34.7 Å². The molecule has 96 valence electrons. The number of benzene rings is 1. The zero-order chi connectivity index (χ0) is 12.7. The van der Waals surface area contributed by atoms with Gasteiger partial charge in [0.2, 0.25) is 0 Å². The lowest BCUT2D eigenvalue weighted by Gasteiger charge is -2.28. The molecule has 4 heteroatoms. The molecular formula is C13H20O4. The van der Waals surface area contributed by atoms with Gasteiger partial charge in [0.25, 0.3) is 0 Å². The fourth-order valence-corrected chi connectivity index (χ4v) is 1.58. The standard InChI is InChI=1S/C13H20O4/c1-13(16-4,9-14-2)11-6-5-7-12(8-11)17-10-15-3/h5-8H,9-10H2,1-4H3. The van der Waals surface area contributed by atoms with E-state index in [4.69, 9.17) is 18.9 Å². The molecule has 1 atom stereocenters. The van der Waals surface area contributed by atoms with Gasteiger partial charge in [-0.25, -0.2) is 0 Å². The summed E-state index contributed by atoms with van der Waals surface area (Å²) in [7, 11) is 4.91. The number of hydrogen-bond acceptors (Lipinski definition) is 4. The van der Waals surface area contributed by atoms with E-state index in [2.05, 4.69) is 0 Å². The van der Waals surface area contributed by atoms with Crippen molar-refractivity contribution in [3.05, 3.63) is 29.8 Å². The molecule has 0 aliphatic rings. The highest BCUT2D eigenvalue weighted by molar-refractivity contribution is 5.32. The Kier molecular flexibility index (Phi) is 5.41. The molecule has 0 fully saturated rings. The third kappa shape index (κ3) is 3.70. The van der Waals surface area contributed by atoms with Gasteiger partial charge in [0.05, 0.1) is 6.61 Å². The monoisotopic (exact) mass is 240 g/mol. The van der Waals surface area contributed by atoms with Gasteiger partial charge in [0, 0.05) is 21.3 Å². The Morgan fingerprint density at radius 1 is 1.12 bits per heavy atom. The molecule has 0 saturated carbocycles. The van der Waals surface area contributed by atoms with Crippen molar-refractivity contribution in [3.8, 4) is 5.75 Å². The SMILES string of the molecule is COCOc1cccc(C(C)(COC)OC)c1. The molecule has 4 nitrogen and oxygen atoms in total. The van der Waals surface area contributed by atoms with Crippen LogP contribution in [0.1, 0.15) is 12.5 Å². The van der Waals surface area contributed by atoms with E-state index in [1.807, 2.05) is 31.2 Å². The van der Waals surface area contributed by atoms with Gasteiger partial charge in [-0.3, -0.25) is 0 Å². The molecule has 0 aliphatic carbocycles. The zero-order valence-electron chi connectivity index (χ0n) is 10.9. The van der Waals surface area contributed by atoms with Gasteiger partial charge in [-0.1, -0.05) is 12.1 Å². The number of hydrogen-bond donors (Lipinski definition) is 0. The largest absolute Gasteiger partial charge is 0.468 e. The predicted octanol–water partition coefficient (Wildman–Crippen LogP) is 2.18. The summed E-state index contributed by atoms with van der Waals surface area (Å²) in [6, 6.07) is 7.72. The van der Waals surface area contributed by atoms with Crippen LogP contribution in [0.25, 0.3) is 0 Å². The molecule has 0 spiro atoms. The molecule has 0 amide bonds. The molecule has 1 aromatic carbocycles. The topological polar surface area (TPSA) is 36.9 Å². The van der Waals surface area contributed by atoms with E-state index >= 15 is 0 Å². The van der Waals surface area contributed by atoms with Crippen LogP contribution in [0, 0.1) is 0 Å². The Labute approximate surface area is 102 Å². The summed E-state index contributed by atoms with van der Waals surface area (Å²) >= 11 is 0. The first-order valence-corrected chi connectivity index (χ1v) is 5.42. The maximum atomic E-state index is 5.51. The van der Waals surface area contributed by atoms with Gasteiger partial charge >= 0.3 is 0 Å². The molecule has 0 radical (unpaired) electrons. The maximum Gasteiger partial charge on any atom is 0.188 e. The average Bonchev–Trinajstić information content (AvgIpc) is 2.37. The van der Waals surface area contributed by atoms with Crippen LogP contribution >= 0.6 is 0 Å². The number of methoxy groups -OCH3 is 3. The van der Waals surface area contributed by atoms with Gasteiger partial charge in [0.1, 0.15) is 11.4 Å². The van der Waals surface area contributed by atoms with Gasteiger partial charge in [-0.15, -0.1) is 0 Å². The Morgan fingerprint density at radius 2 is 1.88 bits per heavy atom. The lowest BCUT2D eigenvalue weighted by atomic mass is 9.96. The summed E-state index contributed by atoms with van der Waals surface area (Å²) in [6.07, 6.45) is 0. The number of rotatable bonds is 7. The lowest BCUT2D eigenvalue weighted by Crippen LogP contribution is -2.29. The Balaban J connectivity index is 2.88. The van der Waals surface area contributed by atoms with Crippen molar-refractivity contribution in [1.29, 1.82) is 0 Å². The van der Waals surface area contributed by atoms with Crippen molar-refractivity contribution < 1.29 is 18.9 Å². The van der Waals surface area contributed by atoms with E-state index in [0.717, 1.165) is 11.3 Å². The molecule has 0 heterocycles. The van der Waals surface area contributed by atoms with Crippen LogP contribution in [-0.2, 0) is 19.8 Å². The summed E-state index contributed by atoms with van der Waals surface area (Å²) in [5.74, 6) is 0.753. The second-order valence-electron chi connectivity index (χ2n) is 3.95. The summed E-state index contributed by atoms with van der Waals surface area (Å²) in [5, 5.41) is 0. The zero-order valence-corrected chi connectivity index (χ0v) is 10.9. The van der Waals surface area contributed by atoms with E-state index in [1.165, 1.54) is 0 Å². The molecule has 1 aromatic rings. The van der Waals surface area contributed by atoms with Crippen molar-refractivity contribution in [3.63, 3.8) is 0 Å². The summed E-state index contributed by atoms with van der Waals surface area (Å²) in [5.41, 5.74) is 0.539. The first-order chi connectivity index (χ1) is 8.16. The minimum absolute atomic E-state index is 0.234. The van der Waals surface area contributed by atoms with Gasteiger partial charge in [-0.05, 0) is 24.6 Å². The van der Waals surface area contributed by atoms with Gasteiger partial charge < -0.3 is 18.9 Å². The third-order valence-electron chi connectivity index (χ3n) is 2.66. The van der Waals surface area contributed by atoms with Crippen LogP contribution in [0.2, 0.25) is 0 Å². The summed E-state index contributed by atoms with van der Waals surface area (Å²) in [6.45, 7) is 2.70. The van der Waals surface area contributed by atoms with E-state index in [0.29, 0.717) is 6.61 Å². The molecule has 0 saturated heterocycles. The Bertz CT molecular complexity index is 340. The minimum Gasteiger partial charge on any atom is -0.468 e. The van der Waals surface area contributed by atoms with Crippen molar-refractivity contribution >= 4 is 0 Å². The van der Waals surface area contributed by atoms with Crippen molar-refractivity contribution in [2.45, 2.75) is 12.5 Å². The molecular weight excluding hydrogens is 220 g/mol. The van der Waals surface area contributed by atoms with Crippen LogP contribution in [0.4, 0.5) is 0 Å². The van der Waals surface area contributed by atoms with Crippen molar-refractivity contribution in [1.82, 2.24) is 0 Å². The highest BCUT2D eigenvalue weighted by Crippen LogP contribution is 2.27. The van der Waals surface area contributed by atoms with E-state index in [-0.39, 0.29) is 6.79 Å². The highest BCUT2D eigenvalue weighted by Gasteiger charge is 2.26. The molecule has 1 unspecified atom stereocenters. The quantitative estimate of drug-likeness (QED) is 0.684. The fourth-order valence-electron chi connectivity index (χ4n) is 1.58. The second-order valence-corrected chi connectivity index (χ2v) is 3.95. The van der Waals surface area contributed by atoms with Crippen molar-refractivity contribution in [2.75, 3.05) is 34.7 Å². The first-order valence-electron chi connectivity index (χ1n) is 5.42. The Hall–Kier alpha value is -1.10. The maximum absolute atomic E-state index is 5.51. The molecule has 1 rings (SSSR count). The normalized spacial score (nSPS) is 14.4. The fraction of sp³-hybridized carbons (Fsp3) is 0.538. The van der Waals surface area contributed by atoms with Crippen LogP contribution in [0.3, 0.4) is 0 Å². The number of ether oxygens (including phenoxy) is 4. The van der Waals surface area contributed by atoms with Crippen LogP contribution in [0.15, 0.2) is 24.3 Å². The van der Waals surface area contributed by atoms with Gasteiger partial charge in [0.15, 0.2) is 6.79 Å². The smallest absolute Gasteiger partial charge is 0.188 e. The van der Waals surface area contributed by atoms with E-state index < -0.39 is 5.60 Å². The lowest BCUT2D eigenvalue weighted by molar-refractivity contribution is -0.0557. The molecule has 0 aliphatic heterocycles. The van der Waals surface area contributed by atoms with Crippen LogP contribution < -0.4 is 4.74 Å². The second kappa shape index (κ2) is 6.59. The van der Waals surface area contributed by atoms with Gasteiger partial charge in [-0.2, -0.15) is 0 Å². The average molecular weight is 240 g/mol. The highest BCUT2D eigenvalue weighted by atomic mass is 16.7. The molecule has 0 N–H and O–H groups in total. The van der Waals surface area contributed by atoms with Crippen molar-refractivity contribution in [2.24, 2.45) is 0 Å². The van der Waals surface area contributed by atoms with E-state index in [9.17, 15) is 0 Å². The molecule has 0 aromatic heterocycles. The molecule has 0 bridgehead atoms. The summed E-state index contributed by atoms with van der Waals surface area (Å²) in [4.78, 5) is 0.